The first-order chi connectivity index (χ1) is 17.6. The van der Waals surface area contributed by atoms with E-state index in [-0.39, 0.29) is 35.3 Å². The van der Waals surface area contributed by atoms with Crippen molar-refractivity contribution in [1.29, 1.82) is 0 Å². The Hall–Kier alpha value is -3.08. The van der Waals surface area contributed by atoms with E-state index in [1.807, 2.05) is 43.3 Å². The molecule has 9 nitrogen and oxygen atoms in total. The molecule has 0 spiro atoms. The molecule has 4 aliphatic heterocycles. The first kappa shape index (κ1) is 23.3. The lowest BCUT2D eigenvalue weighted by Crippen LogP contribution is -2.62. The quantitative estimate of drug-likeness (QED) is 0.494. The van der Waals surface area contributed by atoms with Crippen molar-refractivity contribution in [2.24, 2.45) is 5.92 Å². The molecule has 3 fully saturated rings. The minimum atomic E-state index is -0.244. The summed E-state index contributed by atoms with van der Waals surface area (Å²) >= 11 is 1.53. The molecule has 0 saturated carbocycles. The summed E-state index contributed by atoms with van der Waals surface area (Å²) in [6, 6.07) is 11.3. The van der Waals surface area contributed by atoms with Crippen molar-refractivity contribution in [3.8, 4) is 11.5 Å². The highest BCUT2D eigenvalue weighted by Crippen LogP contribution is 2.48. The Labute approximate surface area is 214 Å². The molecule has 0 bridgehead atoms. The number of hydrogen-bond donors (Lipinski definition) is 4. The van der Waals surface area contributed by atoms with Gasteiger partial charge in [0.15, 0.2) is 0 Å². The third kappa shape index (κ3) is 4.33. The van der Waals surface area contributed by atoms with E-state index in [2.05, 4.69) is 26.3 Å². The largest absolute Gasteiger partial charge is 0.456 e. The van der Waals surface area contributed by atoms with Gasteiger partial charge in [0.05, 0.1) is 22.5 Å². The highest BCUT2D eigenvalue weighted by atomic mass is 32.2. The van der Waals surface area contributed by atoms with E-state index >= 15 is 0 Å². The highest BCUT2D eigenvalue weighted by molar-refractivity contribution is 8.04. The van der Waals surface area contributed by atoms with E-state index in [0.29, 0.717) is 16.5 Å². The third-order valence-corrected chi connectivity index (χ3v) is 8.57. The summed E-state index contributed by atoms with van der Waals surface area (Å²) in [4.78, 5) is 33.7. The molecule has 1 aromatic heterocycles. The van der Waals surface area contributed by atoms with Gasteiger partial charge < -0.3 is 26.0 Å². The molecule has 3 amide bonds. The molecule has 6 rings (SSSR count). The third-order valence-electron chi connectivity index (χ3n) is 7.21. The molecular formula is C26H30N6O3S. The predicted octanol–water partition coefficient (Wildman–Crippen LogP) is 2.84. The fourth-order valence-corrected chi connectivity index (χ4v) is 6.97. The number of ether oxygens (including phenoxy) is 1. The Morgan fingerprint density at radius 3 is 2.83 bits per heavy atom. The Morgan fingerprint density at radius 1 is 1.19 bits per heavy atom. The van der Waals surface area contributed by atoms with Crippen molar-refractivity contribution < 1.29 is 14.3 Å². The number of piperidine rings is 2. The van der Waals surface area contributed by atoms with E-state index in [1.54, 1.807) is 11.1 Å². The van der Waals surface area contributed by atoms with E-state index in [9.17, 15) is 9.59 Å². The standard InChI is InChI=1S/C26H30N6O3S/c1-15-12-18(35-17-7-3-2-4-8-17)14-29-23(15)32-19-9-11-28-25-20(19)21(31-26(32)34)22(36-25)24(33)30-16-6-5-10-27-13-16/h2-4,7-8,12,14,16,19-20,25,27-28H,5-6,9-11,13H2,1H3,(H,30,33)(H,31,34)/t16-,19?,20?,25?/m1/s1. The van der Waals surface area contributed by atoms with E-state index in [1.165, 1.54) is 11.8 Å². The van der Waals surface area contributed by atoms with Crippen LogP contribution in [-0.2, 0) is 4.79 Å². The van der Waals surface area contributed by atoms with Crippen LogP contribution in [0.5, 0.6) is 11.5 Å². The van der Waals surface area contributed by atoms with Gasteiger partial charge in [-0.1, -0.05) is 30.0 Å². The number of carbonyl (C=O) groups is 2. The number of para-hydroxylation sites is 1. The monoisotopic (exact) mass is 506 g/mol. The molecule has 36 heavy (non-hydrogen) atoms. The fraction of sp³-hybridized carbons (Fsp3) is 0.423. The average molecular weight is 507 g/mol. The van der Waals surface area contributed by atoms with E-state index in [4.69, 9.17) is 4.74 Å². The molecule has 4 N–H and O–H groups in total. The fourth-order valence-electron chi connectivity index (χ4n) is 5.57. The summed E-state index contributed by atoms with van der Waals surface area (Å²) in [5.74, 6) is 1.87. The van der Waals surface area contributed by atoms with E-state index in [0.717, 1.165) is 55.9 Å². The Morgan fingerprint density at radius 2 is 2.06 bits per heavy atom. The molecular weight excluding hydrogens is 476 g/mol. The second-order valence-electron chi connectivity index (χ2n) is 9.66. The average Bonchev–Trinajstić information content (AvgIpc) is 3.26. The van der Waals surface area contributed by atoms with Gasteiger partial charge in [0.1, 0.15) is 17.3 Å². The maximum Gasteiger partial charge on any atom is 0.327 e. The number of rotatable bonds is 5. The summed E-state index contributed by atoms with van der Waals surface area (Å²) in [5.41, 5.74) is 1.60. The first-order valence-electron chi connectivity index (χ1n) is 12.5. The summed E-state index contributed by atoms with van der Waals surface area (Å²) in [6.45, 7) is 4.48. The van der Waals surface area contributed by atoms with Gasteiger partial charge in [0.25, 0.3) is 5.91 Å². The molecule has 4 atom stereocenters. The van der Waals surface area contributed by atoms with Crippen molar-refractivity contribution in [2.75, 3.05) is 24.5 Å². The zero-order valence-electron chi connectivity index (χ0n) is 20.1. The molecule has 0 aliphatic carbocycles. The van der Waals surface area contributed by atoms with Crippen LogP contribution in [0.3, 0.4) is 0 Å². The number of hydrogen-bond acceptors (Lipinski definition) is 7. The van der Waals surface area contributed by atoms with Crippen LogP contribution in [0.4, 0.5) is 10.6 Å². The topological polar surface area (TPSA) is 108 Å². The zero-order chi connectivity index (χ0) is 24.6. The maximum absolute atomic E-state index is 13.5. The van der Waals surface area contributed by atoms with Crippen LogP contribution in [0.1, 0.15) is 24.8 Å². The number of thioether (sulfide) groups is 1. The van der Waals surface area contributed by atoms with Crippen LogP contribution in [0.15, 0.2) is 53.2 Å². The molecule has 3 unspecified atom stereocenters. The second-order valence-corrected chi connectivity index (χ2v) is 10.8. The molecule has 1 aromatic carbocycles. The van der Waals surface area contributed by atoms with Crippen LogP contribution in [-0.4, -0.2) is 54.0 Å². The zero-order valence-corrected chi connectivity index (χ0v) is 20.9. The predicted molar refractivity (Wildman–Crippen MR) is 139 cm³/mol. The number of carbonyl (C=O) groups excluding carboxylic acids is 2. The van der Waals surface area contributed by atoms with Gasteiger partial charge in [-0.05, 0) is 63.0 Å². The number of amides is 3. The molecule has 4 aliphatic rings. The number of benzene rings is 1. The SMILES string of the molecule is Cc1cc(Oc2ccccc2)cnc1N1C(=O)NC2=C(C(=O)N[C@@H]3CCCNC3)SC3NCCC1C23. The van der Waals surface area contributed by atoms with Crippen LogP contribution in [0, 0.1) is 12.8 Å². The molecule has 5 heterocycles. The summed E-state index contributed by atoms with van der Waals surface area (Å²) < 4.78 is 5.93. The number of aryl methyl sites for hydroxylation is 1. The van der Waals surface area contributed by atoms with Crippen molar-refractivity contribution in [1.82, 2.24) is 26.3 Å². The number of pyridine rings is 1. The van der Waals surface area contributed by atoms with Crippen LogP contribution >= 0.6 is 11.8 Å². The van der Waals surface area contributed by atoms with Crippen molar-refractivity contribution in [2.45, 2.75) is 43.6 Å². The first-order valence-corrected chi connectivity index (χ1v) is 13.4. The number of anilines is 1. The second kappa shape index (κ2) is 9.76. The summed E-state index contributed by atoms with van der Waals surface area (Å²) in [6.07, 6.45) is 4.46. The Balaban J connectivity index is 1.25. The maximum atomic E-state index is 13.5. The van der Waals surface area contributed by atoms with Gasteiger partial charge in [-0.15, -0.1) is 0 Å². The minimum absolute atomic E-state index is 0.00636. The molecule has 3 saturated heterocycles. The van der Waals surface area contributed by atoms with E-state index < -0.39 is 0 Å². The van der Waals surface area contributed by atoms with Crippen LogP contribution < -0.4 is 30.9 Å². The summed E-state index contributed by atoms with van der Waals surface area (Å²) in [5, 5.41) is 13.1. The Bertz CT molecular complexity index is 1200. The lowest BCUT2D eigenvalue weighted by atomic mass is 9.86. The molecule has 2 aromatic rings. The highest BCUT2D eigenvalue weighted by Gasteiger charge is 2.52. The molecule has 188 valence electrons. The normalized spacial score (nSPS) is 27.4. The number of nitrogens with one attached hydrogen (secondary N) is 4. The smallest absolute Gasteiger partial charge is 0.327 e. The molecule has 10 heteroatoms. The minimum Gasteiger partial charge on any atom is -0.456 e. The van der Waals surface area contributed by atoms with Gasteiger partial charge in [-0.25, -0.2) is 9.78 Å². The van der Waals surface area contributed by atoms with Gasteiger partial charge in [0.2, 0.25) is 0 Å². The van der Waals surface area contributed by atoms with Gasteiger partial charge in [0, 0.05) is 24.2 Å². The van der Waals surface area contributed by atoms with Gasteiger partial charge in [-0.2, -0.15) is 0 Å². The number of aromatic nitrogens is 1. The van der Waals surface area contributed by atoms with Gasteiger partial charge in [-0.3, -0.25) is 9.69 Å². The lowest BCUT2D eigenvalue weighted by molar-refractivity contribution is -0.117. The van der Waals surface area contributed by atoms with Crippen molar-refractivity contribution in [3.63, 3.8) is 0 Å². The number of urea groups is 1. The molecule has 0 radical (unpaired) electrons. The van der Waals surface area contributed by atoms with Gasteiger partial charge >= 0.3 is 6.03 Å². The lowest BCUT2D eigenvalue weighted by Gasteiger charge is -2.45. The Kier molecular flexibility index (Phi) is 6.32. The van der Waals surface area contributed by atoms with Crippen molar-refractivity contribution >= 4 is 29.5 Å². The van der Waals surface area contributed by atoms with Crippen molar-refractivity contribution in [3.05, 3.63) is 58.8 Å². The van der Waals surface area contributed by atoms with Crippen LogP contribution in [0.25, 0.3) is 0 Å². The summed E-state index contributed by atoms with van der Waals surface area (Å²) in [7, 11) is 0. The van der Waals surface area contributed by atoms with Crippen LogP contribution in [0.2, 0.25) is 0 Å². The number of nitrogens with zero attached hydrogens (tertiary/aromatic N) is 2.